The molecular formula is C13H24Cl2N4OS. The van der Waals surface area contributed by atoms with E-state index in [0.29, 0.717) is 18.3 Å². The molecule has 0 aliphatic carbocycles. The minimum absolute atomic E-state index is 0. The van der Waals surface area contributed by atoms with Gasteiger partial charge in [-0.1, -0.05) is 13.8 Å². The predicted molar refractivity (Wildman–Crippen MR) is 91.7 cm³/mol. The van der Waals surface area contributed by atoms with Crippen molar-refractivity contribution in [2.45, 2.75) is 32.9 Å². The Balaban J connectivity index is 0.00000200. The largest absolute Gasteiger partial charge is 0.336 e. The van der Waals surface area contributed by atoms with Gasteiger partial charge >= 0.3 is 0 Å². The van der Waals surface area contributed by atoms with Gasteiger partial charge in [0, 0.05) is 31.1 Å². The number of rotatable bonds is 5. The summed E-state index contributed by atoms with van der Waals surface area (Å²) in [5.41, 5.74) is 6.08. The third kappa shape index (κ3) is 4.79. The molecule has 1 fully saturated rings. The Labute approximate surface area is 142 Å². The van der Waals surface area contributed by atoms with Gasteiger partial charge in [-0.2, -0.15) is 0 Å². The maximum atomic E-state index is 12.3. The van der Waals surface area contributed by atoms with Gasteiger partial charge in [0.05, 0.1) is 0 Å². The Bertz CT molecular complexity index is 440. The lowest BCUT2D eigenvalue weighted by molar-refractivity contribution is 0.0773. The average molecular weight is 355 g/mol. The van der Waals surface area contributed by atoms with Crippen molar-refractivity contribution in [2.75, 3.05) is 26.2 Å². The fourth-order valence-corrected chi connectivity index (χ4v) is 3.28. The number of hydrogen-bond acceptors (Lipinski definition) is 5. The second kappa shape index (κ2) is 9.58. The third-order valence-electron chi connectivity index (χ3n) is 3.72. The number of nitrogens with two attached hydrogens (primary N) is 1. The molecule has 2 N–H and O–H groups in total. The summed E-state index contributed by atoms with van der Waals surface area (Å²) >= 11 is 1.46. The second-order valence-electron chi connectivity index (χ2n) is 4.75. The molecule has 1 amide bonds. The number of nitrogens with zero attached hydrogens (tertiary/aromatic N) is 3. The zero-order valence-corrected chi connectivity index (χ0v) is 14.9. The minimum atomic E-state index is 0. The number of carbonyl (C=O) groups excluding carboxylic acids is 1. The van der Waals surface area contributed by atoms with Crippen LogP contribution in [0.3, 0.4) is 0 Å². The van der Waals surface area contributed by atoms with Crippen LogP contribution in [0, 0.1) is 0 Å². The average Bonchev–Trinajstić information content (AvgIpc) is 3.08. The molecular weight excluding hydrogens is 331 g/mol. The van der Waals surface area contributed by atoms with E-state index in [1.165, 1.54) is 11.3 Å². The van der Waals surface area contributed by atoms with Crippen molar-refractivity contribution < 1.29 is 4.79 Å². The summed E-state index contributed by atoms with van der Waals surface area (Å²) in [5, 5.41) is 2.64. The first-order valence-corrected chi connectivity index (χ1v) is 7.75. The second-order valence-corrected chi connectivity index (χ2v) is 5.69. The monoisotopic (exact) mass is 354 g/mol. The molecule has 1 aromatic rings. The standard InChI is InChI=1S/C13H22N4OS.2ClH/c1-3-16(4-2)10-5-6-17(8-10)13(18)11-9-19-12(7-14)15-11;;/h9-10H,3-8,14H2,1-2H3;2*1H. The van der Waals surface area contributed by atoms with Gasteiger partial charge in [-0.05, 0) is 19.5 Å². The molecule has 0 radical (unpaired) electrons. The molecule has 122 valence electrons. The van der Waals surface area contributed by atoms with E-state index in [1.54, 1.807) is 0 Å². The highest BCUT2D eigenvalue weighted by atomic mass is 35.5. The molecule has 0 saturated carbocycles. The van der Waals surface area contributed by atoms with Gasteiger partial charge in [-0.3, -0.25) is 9.69 Å². The summed E-state index contributed by atoms with van der Waals surface area (Å²) in [7, 11) is 0. The van der Waals surface area contributed by atoms with Gasteiger partial charge < -0.3 is 10.6 Å². The Morgan fingerprint density at radius 2 is 2.14 bits per heavy atom. The summed E-state index contributed by atoms with van der Waals surface area (Å²) < 4.78 is 0. The van der Waals surface area contributed by atoms with E-state index in [4.69, 9.17) is 5.73 Å². The van der Waals surface area contributed by atoms with Crippen molar-refractivity contribution in [3.8, 4) is 0 Å². The zero-order chi connectivity index (χ0) is 13.8. The number of likely N-dealkylation sites (N-methyl/N-ethyl adjacent to an activating group) is 1. The van der Waals surface area contributed by atoms with E-state index in [-0.39, 0.29) is 30.7 Å². The van der Waals surface area contributed by atoms with E-state index in [2.05, 4.69) is 23.7 Å². The topological polar surface area (TPSA) is 62.5 Å². The van der Waals surface area contributed by atoms with E-state index in [0.717, 1.165) is 37.6 Å². The van der Waals surface area contributed by atoms with Crippen LogP contribution in [0.2, 0.25) is 0 Å². The maximum Gasteiger partial charge on any atom is 0.273 e. The number of carbonyl (C=O) groups is 1. The van der Waals surface area contributed by atoms with Gasteiger partial charge in [0.1, 0.15) is 10.7 Å². The van der Waals surface area contributed by atoms with Crippen LogP contribution in [0.15, 0.2) is 5.38 Å². The van der Waals surface area contributed by atoms with E-state index < -0.39 is 0 Å². The third-order valence-corrected chi connectivity index (χ3v) is 4.60. The van der Waals surface area contributed by atoms with Crippen LogP contribution >= 0.6 is 36.2 Å². The molecule has 5 nitrogen and oxygen atoms in total. The van der Waals surface area contributed by atoms with Crippen LogP contribution < -0.4 is 5.73 Å². The highest BCUT2D eigenvalue weighted by molar-refractivity contribution is 7.09. The Morgan fingerprint density at radius 3 is 2.67 bits per heavy atom. The molecule has 1 atom stereocenters. The number of amides is 1. The molecule has 1 saturated heterocycles. The lowest BCUT2D eigenvalue weighted by atomic mass is 10.2. The highest BCUT2D eigenvalue weighted by Gasteiger charge is 2.30. The van der Waals surface area contributed by atoms with Crippen molar-refractivity contribution in [3.63, 3.8) is 0 Å². The zero-order valence-electron chi connectivity index (χ0n) is 12.4. The molecule has 2 heterocycles. The lowest BCUT2D eigenvalue weighted by Crippen LogP contribution is -2.38. The summed E-state index contributed by atoms with van der Waals surface area (Å²) in [6.07, 6.45) is 1.06. The fraction of sp³-hybridized carbons (Fsp3) is 0.692. The predicted octanol–water partition coefficient (Wildman–Crippen LogP) is 2.00. The fourth-order valence-electron chi connectivity index (χ4n) is 2.63. The summed E-state index contributed by atoms with van der Waals surface area (Å²) in [6.45, 7) is 8.46. The molecule has 0 bridgehead atoms. The van der Waals surface area contributed by atoms with Crippen LogP contribution in [-0.2, 0) is 6.54 Å². The Kier molecular flexibility index (Phi) is 9.40. The smallest absolute Gasteiger partial charge is 0.273 e. The summed E-state index contributed by atoms with van der Waals surface area (Å²) in [4.78, 5) is 20.9. The van der Waals surface area contributed by atoms with Crippen LogP contribution in [0.5, 0.6) is 0 Å². The van der Waals surface area contributed by atoms with Gasteiger partial charge in [0.15, 0.2) is 0 Å². The van der Waals surface area contributed by atoms with E-state index in [1.807, 2.05) is 10.3 Å². The van der Waals surface area contributed by atoms with Crippen molar-refractivity contribution in [3.05, 3.63) is 16.1 Å². The summed E-state index contributed by atoms with van der Waals surface area (Å²) in [6, 6.07) is 0.492. The highest BCUT2D eigenvalue weighted by Crippen LogP contribution is 2.19. The Hall–Kier alpha value is -0.400. The van der Waals surface area contributed by atoms with Gasteiger partial charge in [-0.15, -0.1) is 36.2 Å². The van der Waals surface area contributed by atoms with Crippen molar-refractivity contribution in [2.24, 2.45) is 5.73 Å². The maximum absolute atomic E-state index is 12.3. The normalized spacial score (nSPS) is 17.5. The number of halogens is 2. The number of aromatic nitrogens is 1. The van der Waals surface area contributed by atoms with Crippen LogP contribution in [0.25, 0.3) is 0 Å². The number of hydrogen-bond donors (Lipinski definition) is 1. The van der Waals surface area contributed by atoms with E-state index in [9.17, 15) is 4.79 Å². The molecule has 1 aliphatic rings. The molecule has 1 aliphatic heterocycles. The van der Waals surface area contributed by atoms with Crippen molar-refractivity contribution in [1.82, 2.24) is 14.8 Å². The minimum Gasteiger partial charge on any atom is -0.336 e. The Morgan fingerprint density at radius 1 is 1.48 bits per heavy atom. The number of thiazole rings is 1. The first kappa shape index (κ1) is 20.6. The van der Waals surface area contributed by atoms with Crippen LogP contribution in [0.4, 0.5) is 0 Å². The molecule has 1 aromatic heterocycles. The van der Waals surface area contributed by atoms with Gasteiger partial charge in [-0.25, -0.2) is 4.98 Å². The molecule has 2 rings (SSSR count). The molecule has 1 unspecified atom stereocenters. The first-order chi connectivity index (χ1) is 9.19. The van der Waals surface area contributed by atoms with Gasteiger partial charge in [0.25, 0.3) is 5.91 Å². The van der Waals surface area contributed by atoms with E-state index >= 15 is 0 Å². The SMILES string of the molecule is CCN(CC)C1CCN(C(=O)c2csc(CN)n2)C1.Cl.Cl. The van der Waals surface area contributed by atoms with Crippen molar-refractivity contribution in [1.29, 1.82) is 0 Å². The van der Waals surface area contributed by atoms with Crippen molar-refractivity contribution >= 4 is 42.1 Å². The number of likely N-dealkylation sites (tertiary alicyclic amines) is 1. The van der Waals surface area contributed by atoms with Crippen LogP contribution in [-0.4, -0.2) is 52.9 Å². The van der Waals surface area contributed by atoms with Crippen LogP contribution in [0.1, 0.15) is 35.8 Å². The molecule has 8 heteroatoms. The molecule has 0 aromatic carbocycles. The lowest BCUT2D eigenvalue weighted by Gasteiger charge is -2.25. The quantitative estimate of drug-likeness (QED) is 0.878. The first-order valence-electron chi connectivity index (χ1n) is 6.87. The molecule has 0 spiro atoms. The molecule has 21 heavy (non-hydrogen) atoms. The summed E-state index contributed by atoms with van der Waals surface area (Å²) in [5.74, 6) is 0.0469. The van der Waals surface area contributed by atoms with Gasteiger partial charge in [0.2, 0.25) is 0 Å².